The molecule has 17 heavy (non-hydrogen) atoms. The van der Waals surface area contributed by atoms with Gasteiger partial charge in [-0.1, -0.05) is 6.92 Å². The largest absolute Gasteiger partial charge is 0.306 e. The molecule has 0 aliphatic rings. The quantitative estimate of drug-likeness (QED) is 0.883. The number of rotatable bonds is 5. The van der Waals surface area contributed by atoms with Crippen molar-refractivity contribution < 1.29 is 0 Å². The topological polar surface area (TPSA) is 29.9 Å². The van der Waals surface area contributed by atoms with Gasteiger partial charge in [-0.25, -0.2) is 0 Å². The van der Waals surface area contributed by atoms with Crippen LogP contribution in [0.3, 0.4) is 0 Å². The highest BCUT2D eigenvalue weighted by molar-refractivity contribution is 7.12. The van der Waals surface area contributed by atoms with E-state index in [-0.39, 0.29) is 6.04 Å². The first-order valence-corrected chi connectivity index (χ1v) is 6.88. The van der Waals surface area contributed by atoms with Crippen LogP contribution in [0.4, 0.5) is 0 Å². The van der Waals surface area contributed by atoms with Crippen molar-refractivity contribution in [3.05, 3.63) is 39.8 Å². The van der Waals surface area contributed by atoms with E-state index in [1.807, 2.05) is 22.2 Å². The summed E-state index contributed by atoms with van der Waals surface area (Å²) < 4.78 is 1.97. The first-order chi connectivity index (χ1) is 8.24. The summed E-state index contributed by atoms with van der Waals surface area (Å²) in [4.78, 5) is 2.71. The van der Waals surface area contributed by atoms with E-state index in [0.717, 1.165) is 13.1 Å². The van der Waals surface area contributed by atoms with Crippen LogP contribution in [0.15, 0.2) is 24.5 Å². The molecule has 0 amide bonds. The van der Waals surface area contributed by atoms with E-state index in [2.05, 4.69) is 49.5 Å². The van der Waals surface area contributed by atoms with Crippen LogP contribution in [-0.2, 0) is 6.54 Å². The second-order valence-corrected chi connectivity index (χ2v) is 5.39. The summed E-state index contributed by atoms with van der Waals surface area (Å²) in [6.45, 7) is 8.26. The van der Waals surface area contributed by atoms with Gasteiger partial charge in [-0.15, -0.1) is 11.3 Å². The van der Waals surface area contributed by atoms with Crippen LogP contribution in [0.1, 0.15) is 35.2 Å². The SMILES string of the molecule is CCNC(c1cnn(CC)c1)c1ccc(C)s1. The van der Waals surface area contributed by atoms with Gasteiger partial charge in [0.2, 0.25) is 0 Å². The number of hydrogen-bond donors (Lipinski definition) is 1. The molecule has 0 bridgehead atoms. The highest BCUT2D eigenvalue weighted by atomic mass is 32.1. The monoisotopic (exact) mass is 249 g/mol. The lowest BCUT2D eigenvalue weighted by Gasteiger charge is -2.14. The third kappa shape index (κ3) is 2.76. The van der Waals surface area contributed by atoms with Gasteiger partial charge in [0.25, 0.3) is 0 Å². The Labute approximate surface area is 106 Å². The maximum atomic E-state index is 4.35. The molecule has 0 saturated carbocycles. The third-order valence-electron chi connectivity index (χ3n) is 2.76. The zero-order valence-electron chi connectivity index (χ0n) is 10.6. The van der Waals surface area contributed by atoms with Gasteiger partial charge in [-0.2, -0.15) is 5.10 Å². The molecule has 1 atom stereocenters. The molecular weight excluding hydrogens is 230 g/mol. The minimum Gasteiger partial charge on any atom is -0.306 e. The van der Waals surface area contributed by atoms with Gasteiger partial charge in [-0.05, 0) is 32.5 Å². The molecule has 0 aliphatic carbocycles. The average molecular weight is 249 g/mol. The van der Waals surface area contributed by atoms with Crippen LogP contribution >= 0.6 is 11.3 Å². The number of aryl methyl sites for hydroxylation is 2. The summed E-state index contributed by atoms with van der Waals surface area (Å²) >= 11 is 1.85. The van der Waals surface area contributed by atoms with Crippen LogP contribution in [0.5, 0.6) is 0 Å². The predicted molar refractivity (Wildman–Crippen MR) is 72.5 cm³/mol. The molecule has 2 aromatic rings. The molecule has 0 saturated heterocycles. The Hall–Kier alpha value is -1.13. The van der Waals surface area contributed by atoms with E-state index in [9.17, 15) is 0 Å². The maximum Gasteiger partial charge on any atom is 0.0702 e. The fourth-order valence-corrected chi connectivity index (χ4v) is 2.88. The smallest absolute Gasteiger partial charge is 0.0702 e. The van der Waals surface area contributed by atoms with Crippen molar-refractivity contribution in [2.45, 2.75) is 33.4 Å². The number of aromatic nitrogens is 2. The molecule has 0 fully saturated rings. The van der Waals surface area contributed by atoms with Gasteiger partial charge in [0.1, 0.15) is 0 Å². The maximum absolute atomic E-state index is 4.35. The fraction of sp³-hybridized carbons (Fsp3) is 0.462. The molecule has 1 N–H and O–H groups in total. The Bertz CT molecular complexity index is 472. The summed E-state index contributed by atoms with van der Waals surface area (Å²) in [6.07, 6.45) is 4.09. The highest BCUT2D eigenvalue weighted by Gasteiger charge is 2.16. The van der Waals surface area contributed by atoms with E-state index < -0.39 is 0 Å². The standard InChI is InChI=1S/C13H19N3S/c1-4-14-13(12-7-6-10(3)17-12)11-8-15-16(5-2)9-11/h6-9,13-14H,4-5H2,1-3H3. The molecule has 4 heteroatoms. The van der Waals surface area contributed by atoms with Crippen LogP contribution in [0.2, 0.25) is 0 Å². The van der Waals surface area contributed by atoms with Crippen molar-refractivity contribution >= 4 is 11.3 Å². The van der Waals surface area contributed by atoms with Crippen LogP contribution in [0.25, 0.3) is 0 Å². The number of thiophene rings is 1. The molecule has 0 radical (unpaired) electrons. The van der Waals surface area contributed by atoms with Gasteiger partial charge in [0.15, 0.2) is 0 Å². The van der Waals surface area contributed by atoms with Gasteiger partial charge in [0.05, 0.1) is 12.2 Å². The fourth-order valence-electron chi connectivity index (χ4n) is 1.90. The van der Waals surface area contributed by atoms with Crippen LogP contribution < -0.4 is 5.32 Å². The predicted octanol–water partition coefficient (Wildman–Crippen LogP) is 2.97. The summed E-state index contributed by atoms with van der Waals surface area (Å²) in [5.74, 6) is 0. The summed E-state index contributed by atoms with van der Waals surface area (Å²) in [7, 11) is 0. The lowest BCUT2D eigenvalue weighted by Crippen LogP contribution is -2.20. The first-order valence-electron chi connectivity index (χ1n) is 6.06. The number of hydrogen-bond acceptors (Lipinski definition) is 3. The summed E-state index contributed by atoms with van der Waals surface area (Å²) in [6, 6.07) is 4.66. The summed E-state index contributed by atoms with van der Waals surface area (Å²) in [5, 5.41) is 7.87. The molecule has 3 nitrogen and oxygen atoms in total. The lowest BCUT2D eigenvalue weighted by atomic mass is 10.1. The van der Waals surface area contributed by atoms with E-state index in [4.69, 9.17) is 0 Å². The van der Waals surface area contributed by atoms with Crippen LogP contribution in [0, 0.1) is 6.92 Å². The number of nitrogens with one attached hydrogen (secondary N) is 1. The molecule has 2 aromatic heterocycles. The van der Waals surface area contributed by atoms with Gasteiger partial charge in [-0.3, -0.25) is 4.68 Å². The average Bonchev–Trinajstić information content (AvgIpc) is 2.94. The van der Waals surface area contributed by atoms with Gasteiger partial charge in [0, 0.05) is 28.1 Å². The first kappa shape index (κ1) is 12.3. The van der Waals surface area contributed by atoms with Crippen LogP contribution in [-0.4, -0.2) is 16.3 Å². The number of nitrogens with zero attached hydrogens (tertiary/aromatic N) is 2. The van der Waals surface area contributed by atoms with E-state index in [0.29, 0.717) is 0 Å². The molecule has 92 valence electrons. The minimum absolute atomic E-state index is 0.277. The highest BCUT2D eigenvalue weighted by Crippen LogP contribution is 2.27. The zero-order valence-corrected chi connectivity index (χ0v) is 11.4. The molecule has 0 aliphatic heterocycles. The molecule has 2 rings (SSSR count). The second kappa shape index (κ2) is 5.47. The van der Waals surface area contributed by atoms with Gasteiger partial charge < -0.3 is 5.32 Å². The van der Waals surface area contributed by atoms with Gasteiger partial charge >= 0.3 is 0 Å². The van der Waals surface area contributed by atoms with E-state index >= 15 is 0 Å². The summed E-state index contributed by atoms with van der Waals surface area (Å²) in [5.41, 5.74) is 1.25. The molecule has 2 heterocycles. The van der Waals surface area contributed by atoms with Crippen molar-refractivity contribution in [3.8, 4) is 0 Å². The third-order valence-corrected chi connectivity index (χ3v) is 3.83. The molecule has 1 unspecified atom stereocenters. The van der Waals surface area contributed by atoms with E-state index in [1.54, 1.807) is 0 Å². The lowest BCUT2D eigenvalue weighted by molar-refractivity contribution is 0.632. The van der Waals surface area contributed by atoms with Crippen molar-refractivity contribution in [2.24, 2.45) is 0 Å². The molecular formula is C13H19N3S. The Morgan fingerprint density at radius 2 is 2.24 bits per heavy atom. The Morgan fingerprint density at radius 1 is 1.41 bits per heavy atom. The van der Waals surface area contributed by atoms with Crippen molar-refractivity contribution in [1.82, 2.24) is 15.1 Å². The van der Waals surface area contributed by atoms with Crippen molar-refractivity contribution in [3.63, 3.8) is 0 Å². The molecule has 0 aromatic carbocycles. The Balaban J connectivity index is 2.28. The molecule has 0 spiro atoms. The Kier molecular flexibility index (Phi) is 3.97. The van der Waals surface area contributed by atoms with Crippen molar-refractivity contribution in [1.29, 1.82) is 0 Å². The Morgan fingerprint density at radius 3 is 2.76 bits per heavy atom. The zero-order chi connectivity index (χ0) is 12.3. The minimum atomic E-state index is 0.277. The normalized spacial score (nSPS) is 12.9. The second-order valence-electron chi connectivity index (χ2n) is 4.07. The van der Waals surface area contributed by atoms with E-state index in [1.165, 1.54) is 15.3 Å². The van der Waals surface area contributed by atoms with Crippen molar-refractivity contribution in [2.75, 3.05) is 6.54 Å².